The zero-order valence-electron chi connectivity index (χ0n) is 12.6. The fourth-order valence-corrected chi connectivity index (χ4v) is 1.76. The highest BCUT2D eigenvalue weighted by Gasteiger charge is 2.01. The predicted octanol–water partition coefficient (Wildman–Crippen LogP) is 2.53. The summed E-state index contributed by atoms with van der Waals surface area (Å²) in [7, 11) is 1.59. The van der Waals surface area contributed by atoms with Crippen molar-refractivity contribution in [3.63, 3.8) is 0 Å². The molecule has 1 N–H and O–H groups in total. The van der Waals surface area contributed by atoms with Crippen LogP contribution in [0.25, 0.3) is 0 Å². The second kappa shape index (κ2) is 7.83. The average molecular weight is 298 g/mol. The predicted molar refractivity (Wildman–Crippen MR) is 85.4 cm³/mol. The molecule has 22 heavy (non-hydrogen) atoms. The number of carbonyl (C=O) groups excluding carboxylic acids is 1. The molecule has 0 aromatic heterocycles. The van der Waals surface area contributed by atoms with E-state index in [0.717, 1.165) is 16.9 Å². The summed E-state index contributed by atoms with van der Waals surface area (Å²) < 4.78 is 10.4. The van der Waals surface area contributed by atoms with E-state index in [1.807, 2.05) is 31.2 Å². The Balaban J connectivity index is 1.79. The number of hydrogen-bond donors (Lipinski definition) is 1. The van der Waals surface area contributed by atoms with Gasteiger partial charge in [-0.25, -0.2) is 5.43 Å². The fraction of sp³-hybridized carbons (Fsp3) is 0.176. The first-order chi connectivity index (χ1) is 10.7. The molecule has 2 aromatic rings. The largest absolute Gasteiger partial charge is 0.497 e. The van der Waals surface area contributed by atoms with Crippen molar-refractivity contribution in [1.29, 1.82) is 0 Å². The van der Waals surface area contributed by atoms with Crippen LogP contribution in [0, 0.1) is 6.92 Å². The Morgan fingerprint density at radius 2 is 1.82 bits per heavy atom. The summed E-state index contributed by atoms with van der Waals surface area (Å²) >= 11 is 0. The van der Waals surface area contributed by atoms with Gasteiger partial charge in [-0.1, -0.05) is 24.3 Å². The molecule has 0 saturated heterocycles. The second-order valence-corrected chi connectivity index (χ2v) is 4.61. The minimum atomic E-state index is -0.319. The highest BCUT2D eigenvalue weighted by atomic mass is 16.5. The lowest BCUT2D eigenvalue weighted by atomic mass is 10.1. The Morgan fingerprint density at radius 3 is 2.50 bits per heavy atom. The van der Waals surface area contributed by atoms with Gasteiger partial charge in [-0.05, 0) is 42.3 Å². The van der Waals surface area contributed by atoms with Crippen molar-refractivity contribution in [2.75, 3.05) is 13.7 Å². The molecule has 0 radical (unpaired) electrons. The van der Waals surface area contributed by atoms with Crippen molar-refractivity contribution >= 4 is 12.1 Å². The molecule has 0 unspecified atom stereocenters. The van der Waals surface area contributed by atoms with E-state index in [2.05, 4.69) is 10.5 Å². The first-order valence-corrected chi connectivity index (χ1v) is 6.83. The molecule has 5 heteroatoms. The molecule has 0 heterocycles. The monoisotopic (exact) mass is 298 g/mol. The summed E-state index contributed by atoms with van der Waals surface area (Å²) in [4.78, 5) is 11.6. The fourth-order valence-electron chi connectivity index (χ4n) is 1.76. The zero-order valence-corrected chi connectivity index (χ0v) is 12.6. The summed E-state index contributed by atoms with van der Waals surface area (Å²) in [5, 5.41) is 3.92. The highest BCUT2D eigenvalue weighted by molar-refractivity contribution is 5.84. The number of rotatable bonds is 6. The van der Waals surface area contributed by atoms with Crippen LogP contribution in [0.2, 0.25) is 0 Å². The van der Waals surface area contributed by atoms with Gasteiger partial charge in [-0.2, -0.15) is 5.10 Å². The minimum Gasteiger partial charge on any atom is -0.497 e. The molecule has 0 bridgehead atoms. The van der Waals surface area contributed by atoms with Gasteiger partial charge in [0.25, 0.3) is 5.91 Å². The van der Waals surface area contributed by atoms with Crippen molar-refractivity contribution < 1.29 is 14.3 Å². The van der Waals surface area contributed by atoms with Crippen LogP contribution in [-0.2, 0) is 4.79 Å². The van der Waals surface area contributed by atoms with Crippen LogP contribution in [0.15, 0.2) is 53.6 Å². The van der Waals surface area contributed by atoms with Crippen molar-refractivity contribution in [1.82, 2.24) is 5.43 Å². The standard InChI is InChI=1S/C17H18N2O3/c1-13-5-3-4-6-14(13)11-18-19-17(20)12-22-16-9-7-15(21-2)8-10-16/h3-11H,12H2,1-2H3,(H,19,20). The second-order valence-electron chi connectivity index (χ2n) is 4.61. The lowest BCUT2D eigenvalue weighted by Crippen LogP contribution is -2.24. The first kappa shape index (κ1) is 15.6. The quantitative estimate of drug-likeness (QED) is 0.658. The van der Waals surface area contributed by atoms with E-state index in [1.165, 1.54) is 0 Å². The van der Waals surface area contributed by atoms with Crippen LogP contribution in [0.3, 0.4) is 0 Å². The maximum absolute atomic E-state index is 11.6. The Morgan fingerprint density at radius 1 is 1.14 bits per heavy atom. The van der Waals surface area contributed by atoms with Crippen LogP contribution < -0.4 is 14.9 Å². The van der Waals surface area contributed by atoms with Crippen molar-refractivity contribution in [2.45, 2.75) is 6.92 Å². The maximum atomic E-state index is 11.6. The molecule has 0 aliphatic rings. The van der Waals surface area contributed by atoms with Gasteiger partial charge in [0.2, 0.25) is 0 Å². The van der Waals surface area contributed by atoms with Gasteiger partial charge in [0.05, 0.1) is 13.3 Å². The Hall–Kier alpha value is -2.82. The Labute approximate surface area is 129 Å². The number of ether oxygens (including phenoxy) is 2. The van der Waals surface area contributed by atoms with E-state index in [9.17, 15) is 4.79 Å². The van der Waals surface area contributed by atoms with Crippen molar-refractivity contribution in [3.05, 3.63) is 59.7 Å². The molecule has 0 fully saturated rings. The lowest BCUT2D eigenvalue weighted by Gasteiger charge is -2.06. The maximum Gasteiger partial charge on any atom is 0.277 e. The molecular weight excluding hydrogens is 280 g/mol. The van der Waals surface area contributed by atoms with Gasteiger partial charge in [-0.15, -0.1) is 0 Å². The van der Waals surface area contributed by atoms with Gasteiger partial charge < -0.3 is 9.47 Å². The lowest BCUT2D eigenvalue weighted by molar-refractivity contribution is -0.123. The minimum absolute atomic E-state index is 0.0998. The molecule has 1 amide bonds. The molecule has 2 aromatic carbocycles. The van der Waals surface area contributed by atoms with Crippen LogP contribution >= 0.6 is 0 Å². The third kappa shape index (κ3) is 4.63. The highest BCUT2D eigenvalue weighted by Crippen LogP contribution is 2.16. The third-order valence-corrected chi connectivity index (χ3v) is 3.01. The van der Waals surface area contributed by atoms with Crippen LogP contribution in [0.4, 0.5) is 0 Å². The average Bonchev–Trinajstić information content (AvgIpc) is 2.55. The molecule has 2 rings (SSSR count). The summed E-state index contributed by atoms with van der Waals surface area (Å²) in [5.41, 5.74) is 4.48. The summed E-state index contributed by atoms with van der Waals surface area (Å²) in [6.45, 7) is 1.88. The van der Waals surface area contributed by atoms with E-state index in [1.54, 1.807) is 37.6 Å². The van der Waals surface area contributed by atoms with Gasteiger partial charge in [0.1, 0.15) is 11.5 Å². The van der Waals surface area contributed by atoms with Crippen LogP contribution in [0.1, 0.15) is 11.1 Å². The number of amides is 1. The molecule has 0 saturated carbocycles. The van der Waals surface area contributed by atoms with Gasteiger partial charge in [0, 0.05) is 0 Å². The molecule has 114 valence electrons. The molecular formula is C17H18N2O3. The van der Waals surface area contributed by atoms with Gasteiger partial charge >= 0.3 is 0 Å². The normalized spacial score (nSPS) is 10.5. The Kier molecular flexibility index (Phi) is 5.54. The van der Waals surface area contributed by atoms with E-state index in [-0.39, 0.29) is 12.5 Å². The molecule has 0 atom stereocenters. The number of benzene rings is 2. The smallest absolute Gasteiger partial charge is 0.277 e. The third-order valence-electron chi connectivity index (χ3n) is 3.01. The molecule has 5 nitrogen and oxygen atoms in total. The molecule has 0 aliphatic carbocycles. The van der Waals surface area contributed by atoms with Crippen molar-refractivity contribution in [2.24, 2.45) is 5.10 Å². The number of hydrazone groups is 1. The van der Waals surface area contributed by atoms with Crippen molar-refractivity contribution in [3.8, 4) is 11.5 Å². The van der Waals surface area contributed by atoms with Gasteiger partial charge in [0.15, 0.2) is 6.61 Å². The summed E-state index contributed by atoms with van der Waals surface area (Å²) in [5.74, 6) is 1.01. The number of methoxy groups -OCH3 is 1. The number of nitrogens with zero attached hydrogens (tertiary/aromatic N) is 1. The van der Waals surface area contributed by atoms with Crippen LogP contribution in [-0.4, -0.2) is 25.8 Å². The zero-order chi connectivity index (χ0) is 15.8. The number of hydrogen-bond acceptors (Lipinski definition) is 4. The van der Waals surface area contributed by atoms with E-state index < -0.39 is 0 Å². The Bertz CT molecular complexity index is 651. The number of carbonyl (C=O) groups is 1. The number of aryl methyl sites for hydroxylation is 1. The SMILES string of the molecule is COc1ccc(OCC(=O)NN=Cc2ccccc2C)cc1. The number of nitrogens with one attached hydrogen (secondary N) is 1. The first-order valence-electron chi connectivity index (χ1n) is 6.83. The van der Waals surface area contributed by atoms with E-state index in [4.69, 9.17) is 9.47 Å². The molecule has 0 spiro atoms. The molecule has 0 aliphatic heterocycles. The summed E-state index contributed by atoms with van der Waals surface area (Å²) in [6, 6.07) is 14.8. The topological polar surface area (TPSA) is 59.9 Å². The van der Waals surface area contributed by atoms with Crippen LogP contribution in [0.5, 0.6) is 11.5 Å². The van der Waals surface area contributed by atoms with E-state index in [0.29, 0.717) is 5.75 Å². The van der Waals surface area contributed by atoms with E-state index >= 15 is 0 Å². The van der Waals surface area contributed by atoms with Gasteiger partial charge in [-0.3, -0.25) is 4.79 Å². The summed E-state index contributed by atoms with van der Waals surface area (Å²) in [6.07, 6.45) is 1.61.